The number of rotatable bonds is 8. The Balaban J connectivity index is 1.61. The van der Waals surface area contributed by atoms with E-state index in [4.69, 9.17) is 11.6 Å². The first-order valence-corrected chi connectivity index (χ1v) is 13.1. The third-order valence-electron chi connectivity index (χ3n) is 7.33. The van der Waals surface area contributed by atoms with Crippen LogP contribution in [0.15, 0.2) is 42.5 Å². The highest BCUT2D eigenvalue weighted by atomic mass is 35.5. The number of nitrogens with one attached hydrogen (secondary N) is 2. The number of hydrogen-bond acceptors (Lipinski definition) is 5. The Morgan fingerprint density at radius 2 is 1.74 bits per heavy atom. The molecule has 0 atom stereocenters. The maximum atomic E-state index is 13.0. The SMILES string of the molecule is CCN(CC)CCCNC(=O)c1cc2c(cc1O)c1c3c(c(-c4ccccc4Cl)cc1n2C)C(=O)NC3=O. The molecule has 5 rings (SSSR count). The lowest BCUT2D eigenvalue weighted by Crippen LogP contribution is -2.29. The Kier molecular flexibility index (Phi) is 6.86. The average molecular weight is 533 g/mol. The van der Waals surface area contributed by atoms with E-state index in [0.717, 1.165) is 26.1 Å². The third-order valence-corrected chi connectivity index (χ3v) is 7.66. The van der Waals surface area contributed by atoms with Crippen LogP contribution in [-0.2, 0) is 7.05 Å². The first-order valence-electron chi connectivity index (χ1n) is 12.7. The maximum Gasteiger partial charge on any atom is 0.259 e. The molecule has 1 aliphatic heterocycles. The number of hydrogen-bond donors (Lipinski definition) is 3. The van der Waals surface area contributed by atoms with E-state index in [2.05, 4.69) is 29.4 Å². The van der Waals surface area contributed by atoms with Crippen LogP contribution in [0.5, 0.6) is 5.75 Å². The summed E-state index contributed by atoms with van der Waals surface area (Å²) in [5.41, 5.74) is 3.14. The summed E-state index contributed by atoms with van der Waals surface area (Å²) in [6.07, 6.45) is 0.796. The molecule has 0 fully saturated rings. The van der Waals surface area contributed by atoms with Gasteiger partial charge in [-0.05, 0) is 55.9 Å². The molecule has 3 amide bonds. The van der Waals surface area contributed by atoms with Gasteiger partial charge in [-0.1, -0.05) is 43.6 Å². The molecule has 1 aromatic heterocycles. The van der Waals surface area contributed by atoms with Crippen molar-refractivity contribution in [3.05, 3.63) is 64.2 Å². The number of nitrogens with zero attached hydrogens (tertiary/aromatic N) is 2. The van der Waals surface area contributed by atoms with Crippen LogP contribution >= 0.6 is 11.6 Å². The highest BCUT2D eigenvalue weighted by Crippen LogP contribution is 2.42. The lowest BCUT2D eigenvalue weighted by atomic mass is 9.92. The van der Waals surface area contributed by atoms with Gasteiger partial charge in [0.1, 0.15) is 5.75 Å². The van der Waals surface area contributed by atoms with Crippen LogP contribution in [0, 0.1) is 0 Å². The fraction of sp³-hybridized carbons (Fsp3) is 0.276. The summed E-state index contributed by atoms with van der Waals surface area (Å²) in [7, 11) is 1.82. The molecule has 8 nitrogen and oxygen atoms in total. The van der Waals surface area contributed by atoms with Gasteiger partial charge in [0.25, 0.3) is 17.7 Å². The Hall–Kier alpha value is -3.88. The average Bonchev–Trinajstić information content (AvgIpc) is 3.35. The molecule has 0 bridgehead atoms. The van der Waals surface area contributed by atoms with E-state index in [0.29, 0.717) is 44.5 Å². The van der Waals surface area contributed by atoms with Crippen molar-refractivity contribution in [3.63, 3.8) is 0 Å². The monoisotopic (exact) mass is 532 g/mol. The largest absolute Gasteiger partial charge is 0.507 e. The zero-order valence-electron chi connectivity index (χ0n) is 21.5. The molecule has 9 heteroatoms. The van der Waals surface area contributed by atoms with Crippen molar-refractivity contribution >= 4 is 51.1 Å². The number of aromatic hydroxyl groups is 1. The number of imide groups is 1. The van der Waals surface area contributed by atoms with Gasteiger partial charge in [0.15, 0.2) is 0 Å². The van der Waals surface area contributed by atoms with Crippen molar-refractivity contribution in [2.45, 2.75) is 20.3 Å². The Bertz CT molecular complexity index is 1620. The van der Waals surface area contributed by atoms with Crippen LogP contribution < -0.4 is 10.6 Å². The van der Waals surface area contributed by atoms with E-state index in [1.54, 1.807) is 24.3 Å². The summed E-state index contributed by atoms with van der Waals surface area (Å²) in [5, 5.41) is 17.7. The first-order chi connectivity index (χ1) is 18.3. The van der Waals surface area contributed by atoms with E-state index in [-0.39, 0.29) is 28.3 Å². The summed E-state index contributed by atoms with van der Waals surface area (Å²) >= 11 is 6.47. The summed E-state index contributed by atoms with van der Waals surface area (Å²) < 4.78 is 1.86. The predicted octanol–water partition coefficient (Wildman–Crippen LogP) is 4.70. The Morgan fingerprint density at radius 3 is 2.45 bits per heavy atom. The zero-order valence-corrected chi connectivity index (χ0v) is 22.3. The van der Waals surface area contributed by atoms with Crippen molar-refractivity contribution in [3.8, 4) is 16.9 Å². The normalized spacial score (nSPS) is 13.0. The van der Waals surface area contributed by atoms with Crippen LogP contribution in [0.25, 0.3) is 32.9 Å². The number of aryl methyl sites for hydroxylation is 1. The molecule has 0 spiro atoms. The molecule has 3 N–H and O–H groups in total. The number of fused-ring (bicyclic) bond motifs is 5. The van der Waals surface area contributed by atoms with Crippen LogP contribution in [0.1, 0.15) is 51.3 Å². The molecule has 4 aromatic rings. The van der Waals surface area contributed by atoms with Crippen LogP contribution in [0.2, 0.25) is 5.02 Å². The maximum absolute atomic E-state index is 13.0. The molecule has 38 heavy (non-hydrogen) atoms. The number of halogens is 1. The molecular formula is C29H29ClN4O4. The van der Waals surface area contributed by atoms with E-state index in [9.17, 15) is 19.5 Å². The second kappa shape index (κ2) is 10.1. The highest BCUT2D eigenvalue weighted by molar-refractivity contribution is 6.36. The molecule has 2 heterocycles. The summed E-state index contributed by atoms with van der Waals surface area (Å²) in [4.78, 5) is 41.1. The van der Waals surface area contributed by atoms with E-state index in [1.165, 1.54) is 6.07 Å². The van der Waals surface area contributed by atoms with Crippen LogP contribution in [0.4, 0.5) is 0 Å². The second-order valence-corrected chi connectivity index (χ2v) is 9.82. The quantitative estimate of drug-likeness (QED) is 0.225. The van der Waals surface area contributed by atoms with Gasteiger partial charge < -0.3 is 19.9 Å². The molecule has 0 radical (unpaired) electrons. The topological polar surface area (TPSA) is 104 Å². The van der Waals surface area contributed by atoms with Crippen molar-refractivity contribution in [1.29, 1.82) is 0 Å². The molecule has 1 aliphatic rings. The zero-order chi connectivity index (χ0) is 27.1. The van der Waals surface area contributed by atoms with Crippen molar-refractivity contribution < 1.29 is 19.5 Å². The summed E-state index contributed by atoms with van der Waals surface area (Å²) in [6.45, 7) is 7.47. The Morgan fingerprint density at radius 1 is 1.03 bits per heavy atom. The lowest BCUT2D eigenvalue weighted by Gasteiger charge is -2.17. The van der Waals surface area contributed by atoms with Crippen LogP contribution in [-0.4, -0.2) is 58.5 Å². The number of carbonyl (C=O) groups is 3. The van der Waals surface area contributed by atoms with E-state index >= 15 is 0 Å². The molecule has 3 aromatic carbocycles. The van der Waals surface area contributed by atoms with Crippen LogP contribution in [0.3, 0.4) is 0 Å². The molecule has 0 saturated heterocycles. The lowest BCUT2D eigenvalue weighted by molar-refractivity contribution is 0.0878. The minimum atomic E-state index is -0.508. The van der Waals surface area contributed by atoms with Gasteiger partial charge in [-0.2, -0.15) is 0 Å². The van der Waals surface area contributed by atoms with E-state index < -0.39 is 11.8 Å². The van der Waals surface area contributed by atoms with Gasteiger partial charge in [0.05, 0.1) is 22.2 Å². The second-order valence-electron chi connectivity index (χ2n) is 9.41. The number of phenols is 1. The number of amides is 3. The number of aromatic nitrogens is 1. The van der Waals surface area contributed by atoms with Gasteiger partial charge in [0, 0.05) is 40.5 Å². The van der Waals surface area contributed by atoms with Crippen molar-refractivity contribution in [2.75, 3.05) is 26.2 Å². The predicted molar refractivity (Wildman–Crippen MR) is 149 cm³/mol. The molecule has 0 saturated carbocycles. The summed E-state index contributed by atoms with van der Waals surface area (Å²) in [5.74, 6) is -1.57. The molecule has 0 aliphatic carbocycles. The molecule has 196 valence electrons. The van der Waals surface area contributed by atoms with Gasteiger partial charge in [0.2, 0.25) is 0 Å². The number of carbonyl (C=O) groups excluding carboxylic acids is 3. The Labute approximate surface area is 225 Å². The van der Waals surface area contributed by atoms with Crippen molar-refractivity contribution in [1.82, 2.24) is 20.1 Å². The number of benzene rings is 3. The van der Waals surface area contributed by atoms with Gasteiger partial charge in [-0.3, -0.25) is 19.7 Å². The minimum absolute atomic E-state index is 0.148. The van der Waals surface area contributed by atoms with Crippen molar-refractivity contribution in [2.24, 2.45) is 7.05 Å². The third kappa shape index (κ3) is 4.19. The molecular weight excluding hydrogens is 504 g/mol. The van der Waals surface area contributed by atoms with Gasteiger partial charge in [-0.15, -0.1) is 0 Å². The smallest absolute Gasteiger partial charge is 0.259 e. The standard InChI is InChI=1S/C29H29ClN4O4/c1-4-34(5-2)12-8-11-31-27(36)19-14-21-18(15-23(19)35)24-22(33(21)3)13-17(16-9-6-7-10-20(16)30)25-26(24)29(38)32-28(25)37/h6-7,9-10,13-15,35H,4-5,8,11-12H2,1-3H3,(H,31,36)(H,32,37,38). The fourth-order valence-electron chi connectivity index (χ4n) is 5.29. The van der Waals surface area contributed by atoms with Gasteiger partial charge >= 0.3 is 0 Å². The molecule has 0 unspecified atom stereocenters. The van der Waals surface area contributed by atoms with E-state index in [1.807, 2.05) is 23.7 Å². The minimum Gasteiger partial charge on any atom is -0.507 e. The first kappa shape index (κ1) is 25.8. The number of phenolic OH excluding ortho intramolecular Hbond substituents is 1. The fourth-order valence-corrected chi connectivity index (χ4v) is 5.53. The summed E-state index contributed by atoms with van der Waals surface area (Å²) in [6, 6.07) is 12.1. The highest BCUT2D eigenvalue weighted by Gasteiger charge is 2.35. The van der Waals surface area contributed by atoms with Gasteiger partial charge in [-0.25, -0.2) is 0 Å².